The number of nitrogens with zero attached hydrogens (tertiary/aromatic N) is 2. The van der Waals surface area contributed by atoms with Gasteiger partial charge in [-0.3, -0.25) is 4.79 Å². The van der Waals surface area contributed by atoms with Crippen LogP contribution < -0.4 is 10.1 Å². The molecule has 0 unspecified atom stereocenters. The molecular weight excluding hydrogens is 458 g/mol. The Kier molecular flexibility index (Phi) is 8.04. The highest BCUT2D eigenvalue weighted by atomic mass is 16.5. The zero-order chi connectivity index (χ0) is 26.3. The van der Waals surface area contributed by atoms with Crippen molar-refractivity contribution in [2.24, 2.45) is 0 Å². The van der Waals surface area contributed by atoms with Crippen molar-refractivity contribution in [2.45, 2.75) is 32.7 Å². The quantitative estimate of drug-likeness (QED) is 0.258. The maximum absolute atomic E-state index is 14.3. The fourth-order valence-electron chi connectivity index (χ4n) is 4.50. The normalized spacial score (nSPS) is 12.1. The van der Waals surface area contributed by atoms with Crippen molar-refractivity contribution in [1.82, 2.24) is 15.1 Å². The largest absolute Gasteiger partial charge is 0.480 e. The summed E-state index contributed by atoms with van der Waals surface area (Å²) in [5.74, 6) is 0.131. The van der Waals surface area contributed by atoms with Gasteiger partial charge in [-0.2, -0.15) is 9.78 Å². The van der Waals surface area contributed by atoms with Gasteiger partial charge in [0.05, 0.1) is 18.3 Å². The van der Waals surface area contributed by atoms with Gasteiger partial charge in [0.15, 0.2) is 0 Å². The van der Waals surface area contributed by atoms with Crippen molar-refractivity contribution in [3.05, 3.63) is 132 Å². The lowest BCUT2D eigenvalue weighted by Crippen LogP contribution is -2.44. The molecule has 0 aliphatic carbocycles. The highest BCUT2D eigenvalue weighted by Crippen LogP contribution is 2.35. The molecular formula is C32H33N3O2. The van der Waals surface area contributed by atoms with E-state index in [1.165, 1.54) is 0 Å². The summed E-state index contributed by atoms with van der Waals surface area (Å²) in [6, 6.07) is 29.7. The molecule has 4 aromatic rings. The fourth-order valence-corrected chi connectivity index (χ4v) is 4.50. The summed E-state index contributed by atoms with van der Waals surface area (Å²) in [5.41, 5.74) is 3.93. The Labute approximate surface area is 219 Å². The number of rotatable bonds is 9. The Morgan fingerprint density at radius 1 is 0.919 bits per heavy atom. The second-order valence-corrected chi connectivity index (χ2v) is 8.88. The summed E-state index contributed by atoms with van der Waals surface area (Å²) in [6.07, 6.45) is 6.71. The van der Waals surface area contributed by atoms with Gasteiger partial charge in [0.1, 0.15) is 11.3 Å². The van der Waals surface area contributed by atoms with E-state index in [-0.39, 0.29) is 5.91 Å². The van der Waals surface area contributed by atoms with Crippen LogP contribution in [-0.2, 0) is 5.54 Å². The Hall–Kier alpha value is -4.38. The first kappa shape index (κ1) is 25.7. The van der Waals surface area contributed by atoms with Gasteiger partial charge in [-0.1, -0.05) is 97.1 Å². The molecule has 5 heteroatoms. The lowest BCUT2D eigenvalue weighted by molar-refractivity contribution is 0.0915. The summed E-state index contributed by atoms with van der Waals surface area (Å²) in [7, 11) is 1.58. The van der Waals surface area contributed by atoms with Gasteiger partial charge in [0.2, 0.25) is 5.88 Å². The highest BCUT2D eigenvalue weighted by Gasteiger charge is 2.35. The van der Waals surface area contributed by atoms with E-state index in [9.17, 15) is 4.79 Å². The van der Waals surface area contributed by atoms with E-state index in [1.54, 1.807) is 11.8 Å². The van der Waals surface area contributed by atoms with Crippen LogP contribution in [0, 0.1) is 0 Å². The van der Waals surface area contributed by atoms with Gasteiger partial charge in [-0.15, -0.1) is 0 Å². The number of carbonyl (C=O) groups excluding carboxylic acids is 1. The number of benzene rings is 3. The number of hydrogen-bond acceptors (Lipinski definition) is 3. The molecule has 3 aromatic carbocycles. The van der Waals surface area contributed by atoms with Gasteiger partial charge in [0.25, 0.3) is 5.91 Å². The SMILES string of the molecule is C/C=C\C/C(=C\C)c1nn(-c2ccccc2)c(OC)c1C(=O)NC(C)(c1ccccc1)c1ccccc1. The van der Waals surface area contributed by atoms with Crippen LogP contribution in [0.15, 0.2) is 109 Å². The van der Waals surface area contributed by atoms with Crippen LogP contribution >= 0.6 is 0 Å². The predicted molar refractivity (Wildman–Crippen MR) is 150 cm³/mol. The van der Waals surface area contributed by atoms with Crippen LogP contribution in [0.5, 0.6) is 5.88 Å². The van der Waals surface area contributed by atoms with Crippen LogP contribution in [-0.4, -0.2) is 22.8 Å². The van der Waals surface area contributed by atoms with Gasteiger partial charge in [-0.25, -0.2) is 0 Å². The first-order valence-corrected chi connectivity index (χ1v) is 12.5. The van der Waals surface area contributed by atoms with Gasteiger partial charge < -0.3 is 10.1 Å². The van der Waals surface area contributed by atoms with E-state index >= 15 is 0 Å². The van der Waals surface area contributed by atoms with Crippen molar-refractivity contribution in [2.75, 3.05) is 7.11 Å². The van der Waals surface area contributed by atoms with Crippen LogP contribution in [0.25, 0.3) is 11.3 Å². The van der Waals surface area contributed by atoms with Crippen molar-refractivity contribution >= 4 is 11.5 Å². The van der Waals surface area contributed by atoms with Crippen LogP contribution in [0.3, 0.4) is 0 Å². The third kappa shape index (κ3) is 5.26. The third-order valence-corrected chi connectivity index (χ3v) is 6.56. The number of nitrogens with one attached hydrogen (secondary N) is 1. The highest BCUT2D eigenvalue weighted by molar-refractivity contribution is 6.01. The van der Waals surface area contributed by atoms with E-state index in [2.05, 4.69) is 11.4 Å². The first-order valence-electron chi connectivity index (χ1n) is 12.5. The van der Waals surface area contributed by atoms with E-state index in [0.29, 0.717) is 23.6 Å². The molecule has 1 N–H and O–H groups in total. The molecule has 0 aliphatic heterocycles. The first-order chi connectivity index (χ1) is 18.0. The second kappa shape index (κ2) is 11.6. The minimum absolute atomic E-state index is 0.260. The fraction of sp³-hybridized carbons (Fsp3) is 0.188. The lowest BCUT2D eigenvalue weighted by Gasteiger charge is -2.32. The Morgan fingerprint density at radius 3 is 1.95 bits per heavy atom. The molecule has 0 saturated heterocycles. The number of aromatic nitrogens is 2. The molecule has 5 nitrogen and oxygen atoms in total. The average molecular weight is 492 g/mol. The number of carbonyl (C=O) groups is 1. The van der Waals surface area contributed by atoms with Gasteiger partial charge in [0, 0.05) is 0 Å². The minimum atomic E-state index is -0.782. The molecule has 0 fully saturated rings. The summed E-state index contributed by atoms with van der Waals surface area (Å²) in [6.45, 7) is 5.97. The molecule has 0 bridgehead atoms. The second-order valence-electron chi connectivity index (χ2n) is 8.88. The number of hydrogen-bond donors (Lipinski definition) is 1. The summed E-state index contributed by atoms with van der Waals surface area (Å²) < 4.78 is 7.55. The lowest BCUT2D eigenvalue weighted by atomic mass is 9.84. The van der Waals surface area contributed by atoms with E-state index in [1.807, 2.05) is 124 Å². The number of amides is 1. The number of para-hydroxylation sites is 1. The summed E-state index contributed by atoms with van der Waals surface area (Å²) >= 11 is 0. The molecule has 1 aromatic heterocycles. The van der Waals surface area contributed by atoms with Crippen molar-refractivity contribution < 1.29 is 9.53 Å². The molecule has 1 heterocycles. The monoisotopic (exact) mass is 491 g/mol. The number of methoxy groups -OCH3 is 1. The summed E-state index contributed by atoms with van der Waals surface area (Å²) in [4.78, 5) is 14.3. The van der Waals surface area contributed by atoms with Gasteiger partial charge >= 0.3 is 0 Å². The van der Waals surface area contributed by atoms with Crippen LogP contribution in [0.2, 0.25) is 0 Å². The zero-order valence-corrected chi connectivity index (χ0v) is 21.8. The Bertz CT molecular complexity index is 1350. The number of ether oxygens (including phenoxy) is 1. The van der Waals surface area contributed by atoms with E-state index < -0.39 is 5.54 Å². The minimum Gasteiger partial charge on any atom is -0.480 e. The molecule has 0 atom stereocenters. The molecule has 188 valence electrons. The molecule has 0 aliphatic rings. The van der Waals surface area contributed by atoms with E-state index in [0.717, 1.165) is 22.4 Å². The Balaban J connectivity index is 1.89. The molecule has 0 saturated carbocycles. The van der Waals surface area contributed by atoms with Crippen molar-refractivity contribution in [3.8, 4) is 11.6 Å². The predicted octanol–water partition coefficient (Wildman–Crippen LogP) is 6.94. The van der Waals surface area contributed by atoms with Crippen molar-refractivity contribution in [3.63, 3.8) is 0 Å². The van der Waals surface area contributed by atoms with Crippen LogP contribution in [0.1, 0.15) is 54.4 Å². The molecule has 0 radical (unpaired) electrons. The van der Waals surface area contributed by atoms with Crippen molar-refractivity contribution in [1.29, 1.82) is 0 Å². The molecule has 1 amide bonds. The third-order valence-electron chi connectivity index (χ3n) is 6.56. The van der Waals surface area contributed by atoms with Gasteiger partial charge in [-0.05, 0) is 56.0 Å². The van der Waals surface area contributed by atoms with Crippen LogP contribution in [0.4, 0.5) is 0 Å². The molecule has 37 heavy (non-hydrogen) atoms. The number of allylic oxidation sites excluding steroid dienone is 4. The standard InChI is InChI=1S/C32H33N3O2/c1-5-7-17-24(6-2)29-28(31(37-4)35(34-29)27-22-15-10-16-23-27)30(36)33-32(3,25-18-11-8-12-19-25)26-20-13-9-14-21-26/h5-16,18-23H,17H2,1-4H3,(H,33,36)/b7-5-,24-6+. The maximum atomic E-state index is 14.3. The maximum Gasteiger partial charge on any atom is 0.260 e. The molecule has 4 rings (SSSR count). The summed E-state index contributed by atoms with van der Waals surface area (Å²) in [5, 5.41) is 8.24. The smallest absolute Gasteiger partial charge is 0.260 e. The molecule has 0 spiro atoms. The zero-order valence-electron chi connectivity index (χ0n) is 21.8. The average Bonchev–Trinajstić information content (AvgIpc) is 3.34. The Morgan fingerprint density at radius 2 is 1.46 bits per heavy atom. The van der Waals surface area contributed by atoms with E-state index in [4.69, 9.17) is 9.84 Å². The topological polar surface area (TPSA) is 56.2 Å².